The number of aryl methyl sites for hydroxylation is 2. The largest absolute Gasteiger partial charge is 0.266 e. The number of aromatic nitrogens is 6. The molecular formula is C15H14N6. The van der Waals surface area contributed by atoms with Crippen LogP contribution in [0.1, 0.15) is 18.6 Å². The second-order valence-electron chi connectivity index (χ2n) is 4.92. The Bertz CT molecular complexity index is 935. The monoisotopic (exact) mass is 278 g/mol. The maximum Gasteiger partial charge on any atom is 0.174 e. The second kappa shape index (κ2) is 4.37. The highest BCUT2D eigenvalue weighted by molar-refractivity contribution is 5.89. The number of hydrogen-bond donors (Lipinski definition) is 0. The van der Waals surface area contributed by atoms with Crippen LogP contribution in [-0.2, 0) is 6.42 Å². The van der Waals surface area contributed by atoms with E-state index in [2.05, 4.69) is 22.2 Å². The van der Waals surface area contributed by atoms with E-state index in [1.54, 1.807) is 6.20 Å². The third-order valence-corrected chi connectivity index (χ3v) is 3.62. The Balaban J connectivity index is 2.08. The van der Waals surface area contributed by atoms with Gasteiger partial charge in [-0.15, -0.1) is 10.2 Å². The minimum Gasteiger partial charge on any atom is -0.266 e. The Morgan fingerprint density at radius 3 is 2.62 bits per heavy atom. The molecule has 0 saturated heterocycles. The van der Waals surface area contributed by atoms with Crippen LogP contribution in [0.3, 0.4) is 0 Å². The molecule has 4 aromatic rings. The van der Waals surface area contributed by atoms with Crippen LogP contribution in [0.2, 0.25) is 0 Å². The average molecular weight is 278 g/mol. The first-order valence-electron chi connectivity index (χ1n) is 6.93. The van der Waals surface area contributed by atoms with Gasteiger partial charge in [-0.25, -0.2) is 9.67 Å². The fourth-order valence-electron chi connectivity index (χ4n) is 2.63. The van der Waals surface area contributed by atoms with Gasteiger partial charge in [0.15, 0.2) is 11.3 Å². The highest BCUT2D eigenvalue weighted by Gasteiger charge is 2.15. The highest BCUT2D eigenvalue weighted by atomic mass is 15.3. The molecule has 0 fully saturated rings. The first-order chi connectivity index (χ1) is 10.3. The van der Waals surface area contributed by atoms with Gasteiger partial charge in [0, 0.05) is 6.42 Å². The van der Waals surface area contributed by atoms with E-state index in [1.165, 1.54) is 0 Å². The van der Waals surface area contributed by atoms with Gasteiger partial charge in [0.25, 0.3) is 0 Å². The smallest absolute Gasteiger partial charge is 0.174 e. The number of benzene rings is 1. The number of nitrogens with zero attached hydrogens (tertiary/aromatic N) is 6. The Morgan fingerprint density at radius 2 is 1.86 bits per heavy atom. The number of fused-ring (bicyclic) bond motifs is 3. The van der Waals surface area contributed by atoms with Gasteiger partial charge in [0.2, 0.25) is 0 Å². The van der Waals surface area contributed by atoms with Gasteiger partial charge in [-0.2, -0.15) is 5.10 Å². The van der Waals surface area contributed by atoms with E-state index in [9.17, 15) is 0 Å². The van der Waals surface area contributed by atoms with Gasteiger partial charge in [-0.1, -0.05) is 25.1 Å². The maximum atomic E-state index is 4.70. The van der Waals surface area contributed by atoms with Gasteiger partial charge < -0.3 is 0 Å². The number of hydrogen-bond acceptors (Lipinski definition) is 4. The molecule has 0 aliphatic carbocycles. The molecule has 0 atom stereocenters. The van der Waals surface area contributed by atoms with Crippen LogP contribution in [0, 0.1) is 6.92 Å². The van der Waals surface area contributed by atoms with Crippen LogP contribution in [-0.4, -0.2) is 29.4 Å². The molecule has 0 aliphatic rings. The fourth-order valence-corrected chi connectivity index (χ4v) is 2.63. The van der Waals surface area contributed by atoms with Crippen molar-refractivity contribution in [3.8, 4) is 5.69 Å². The minimum absolute atomic E-state index is 0.807. The third kappa shape index (κ3) is 1.65. The van der Waals surface area contributed by atoms with E-state index >= 15 is 0 Å². The summed E-state index contributed by atoms with van der Waals surface area (Å²) in [4.78, 5) is 4.70. The lowest BCUT2D eigenvalue weighted by molar-refractivity contribution is 0.856. The van der Waals surface area contributed by atoms with E-state index in [1.807, 2.05) is 46.3 Å². The van der Waals surface area contributed by atoms with Crippen LogP contribution in [0.15, 0.2) is 36.5 Å². The summed E-state index contributed by atoms with van der Waals surface area (Å²) in [5.74, 6) is 1.79. The van der Waals surface area contributed by atoms with Crippen molar-refractivity contribution in [3.63, 3.8) is 0 Å². The van der Waals surface area contributed by atoms with Crippen LogP contribution < -0.4 is 0 Å². The molecule has 0 N–H and O–H groups in total. The molecule has 0 amide bonds. The molecule has 0 spiro atoms. The van der Waals surface area contributed by atoms with Crippen molar-refractivity contribution < 1.29 is 0 Å². The zero-order chi connectivity index (χ0) is 14.4. The van der Waals surface area contributed by atoms with Crippen LogP contribution >= 0.6 is 0 Å². The first-order valence-corrected chi connectivity index (χ1v) is 6.93. The third-order valence-electron chi connectivity index (χ3n) is 3.62. The highest BCUT2D eigenvalue weighted by Crippen LogP contribution is 2.21. The van der Waals surface area contributed by atoms with Gasteiger partial charge in [-0.3, -0.25) is 4.40 Å². The summed E-state index contributed by atoms with van der Waals surface area (Å²) in [6.07, 6.45) is 2.63. The molecule has 0 aliphatic heterocycles. The van der Waals surface area contributed by atoms with Crippen molar-refractivity contribution in [2.75, 3.05) is 0 Å². The van der Waals surface area contributed by atoms with E-state index < -0.39 is 0 Å². The number of para-hydroxylation sites is 1. The van der Waals surface area contributed by atoms with Crippen LogP contribution in [0.25, 0.3) is 22.4 Å². The molecule has 6 heteroatoms. The standard InChI is InChI=1S/C15H14N6/c1-3-13-18-19-15-12-9-16-21(11-7-5-4-6-8-11)14(12)17-10(2)20(13)15/h4-9H,3H2,1-2H3. The lowest BCUT2D eigenvalue weighted by Crippen LogP contribution is -2.03. The topological polar surface area (TPSA) is 60.9 Å². The molecule has 0 saturated carbocycles. The van der Waals surface area contributed by atoms with Crippen molar-refractivity contribution in [2.45, 2.75) is 20.3 Å². The zero-order valence-corrected chi connectivity index (χ0v) is 11.9. The van der Waals surface area contributed by atoms with Crippen molar-refractivity contribution in [2.24, 2.45) is 0 Å². The molecule has 1 aromatic carbocycles. The van der Waals surface area contributed by atoms with E-state index in [0.29, 0.717) is 0 Å². The molecule has 4 rings (SSSR count). The molecule has 6 nitrogen and oxygen atoms in total. The van der Waals surface area contributed by atoms with Crippen molar-refractivity contribution in [1.29, 1.82) is 0 Å². The van der Waals surface area contributed by atoms with Crippen molar-refractivity contribution in [1.82, 2.24) is 29.4 Å². The van der Waals surface area contributed by atoms with E-state index in [-0.39, 0.29) is 0 Å². The minimum atomic E-state index is 0.807. The summed E-state index contributed by atoms with van der Waals surface area (Å²) >= 11 is 0. The summed E-state index contributed by atoms with van der Waals surface area (Å²) in [7, 11) is 0. The predicted octanol–water partition coefficient (Wildman–Crippen LogP) is 2.33. The molecule has 0 unspecified atom stereocenters. The van der Waals surface area contributed by atoms with E-state index in [0.717, 1.165) is 40.4 Å². The molecule has 3 heterocycles. The molecular weight excluding hydrogens is 264 g/mol. The van der Waals surface area contributed by atoms with Crippen LogP contribution in [0.4, 0.5) is 0 Å². The lowest BCUT2D eigenvalue weighted by Gasteiger charge is -2.05. The van der Waals surface area contributed by atoms with Gasteiger partial charge >= 0.3 is 0 Å². The van der Waals surface area contributed by atoms with Crippen molar-refractivity contribution >= 4 is 16.7 Å². The summed E-state index contributed by atoms with van der Waals surface area (Å²) in [5, 5.41) is 13.9. The summed E-state index contributed by atoms with van der Waals surface area (Å²) in [6.45, 7) is 4.03. The Hall–Kier alpha value is -2.76. The SMILES string of the molecule is CCc1nnc2c3cnn(-c4ccccc4)c3nc(C)n12. The Kier molecular flexibility index (Phi) is 2.50. The normalized spacial score (nSPS) is 11.5. The summed E-state index contributed by atoms with van der Waals surface area (Å²) in [5.41, 5.74) is 2.61. The van der Waals surface area contributed by atoms with E-state index in [4.69, 9.17) is 4.98 Å². The van der Waals surface area contributed by atoms with Gasteiger partial charge in [0.1, 0.15) is 11.6 Å². The van der Waals surface area contributed by atoms with Gasteiger partial charge in [-0.05, 0) is 19.1 Å². The zero-order valence-electron chi connectivity index (χ0n) is 11.9. The average Bonchev–Trinajstić information content (AvgIpc) is 3.11. The van der Waals surface area contributed by atoms with Gasteiger partial charge in [0.05, 0.1) is 17.3 Å². The Morgan fingerprint density at radius 1 is 1.05 bits per heavy atom. The molecule has 21 heavy (non-hydrogen) atoms. The predicted molar refractivity (Wildman–Crippen MR) is 79.5 cm³/mol. The lowest BCUT2D eigenvalue weighted by atomic mass is 10.3. The first kappa shape index (κ1) is 12.0. The summed E-state index contributed by atoms with van der Waals surface area (Å²) in [6, 6.07) is 9.98. The molecule has 0 bridgehead atoms. The maximum absolute atomic E-state index is 4.70. The van der Waals surface area contributed by atoms with Crippen molar-refractivity contribution in [3.05, 3.63) is 48.2 Å². The molecule has 0 radical (unpaired) electrons. The Labute approximate surface area is 121 Å². The fraction of sp³-hybridized carbons (Fsp3) is 0.200. The molecule has 104 valence electrons. The summed E-state index contributed by atoms with van der Waals surface area (Å²) < 4.78 is 3.84. The second-order valence-corrected chi connectivity index (χ2v) is 4.92. The molecule has 3 aromatic heterocycles. The number of rotatable bonds is 2. The van der Waals surface area contributed by atoms with Crippen LogP contribution in [0.5, 0.6) is 0 Å². The quantitative estimate of drug-likeness (QED) is 0.564.